The number of benzene rings is 3. The van der Waals surface area contributed by atoms with Crippen molar-refractivity contribution in [2.75, 3.05) is 16.0 Å². The second kappa shape index (κ2) is 7.81. The van der Waals surface area contributed by atoms with Crippen molar-refractivity contribution in [2.24, 2.45) is 0 Å². The number of hydrogen-bond donors (Lipinski definition) is 3. The maximum Gasteiger partial charge on any atom is 0.175 e. The van der Waals surface area contributed by atoms with Crippen LogP contribution in [0.2, 0.25) is 5.02 Å². The number of thiocarbonyl (C=S) groups is 1. The summed E-state index contributed by atoms with van der Waals surface area (Å²) in [6, 6.07) is 25.4. The van der Waals surface area contributed by atoms with Crippen LogP contribution in [0.25, 0.3) is 0 Å². The Balaban J connectivity index is 1.57. The van der Waals surface area contributed by atoms with Gasteiger partial charge in [0, 0.05) is 27.8 Å². The summed E-state index contributed by atoms with van der Waals surface area (Å²) in [5.74, 6) is 0. The molecule has 3 rings (SSSR count). The lowest BCUT2D eigenvalue weighted by Gasteiger charge is -2.12. The fourth-order valence-corrected chi connectivity index (χ4v) is 2.51. The molecule has 0 aliphatic carbocycles. The van der Waals surface area contributed by atoms with Crippen LogP contribution in [-0.2, 0) is 0 Å². The van der Waals surface area contributed by atoms with Crippen molar-refractivity contribution < 1.29 is 0 Å². The predicted octanol–water partition coefficient (Wildman–Crippen LogP) is 5.89. The van der Waals surface area contributed by atoms with Gasteiger partial charge in [0.25, 0.3) is 0 Å². The van der Waals surface area contributed by atoms with Crippen molar-refractivity contribution >= 4 is 51.7 Å². The number of rotatable bonds is 4. The van der Waals surface area contributed by atoms with Crippen LogP contribution in [0.15, 0.2) is 78.9 Å². The molecule has 0 aliphatic rings. The summed E-state index contributed by atoms with van der Waals surface area (Å²) >= 11 is 11.2. The van der Waals surface area contributed by atoms with E-state index in [1.165, 1.54) is 0 Å². The van der Waals surface area contributed by atoms with Gasteiger partial charge in [0.05, 0.1) is 0 Å². The smallest absolute Gasteiger partial charge is 0.175 e. The Hall–Kier alpha value is -2.56. The SMILES string of the molecule is S=C(Nc1ccc(Cl)cc1)Nc1ccc(Nc2ccccc2)cc1. The van der Waals surface area contributed by atoms with Gasteiger partial charge >= 0.3 is 0 Å². The summed E-state index contributed by atoms with van der Waals surface area (Å²) in [4.78, 5) is 0. The van der Waals surface area contributed by atoms with E-state index >= 15 is 0 Å². The summed E-state index contributed by atoms with van der Waals surface area (Å²) in [6.45, 7) is 0. The molecule has 0 atom stereocenters. The first-order chi connectivity index (χ1) is 11.7. The van der Waals surface area contributed by atoms with E-state index in [0.717, 1.165) is 22.7 Å². The quantitative estimate of drug-likeness (QED) is 0.511. The number of para-hydroxylation sites is 1. The van der Waals surface area contributed by atoms with E-state index in [4.69, 9.17) is 23.8 Å². The van der Waals surface area contributed by atoms with E-state index in [2.05, 4.69) is 16.0 Å². The molecule has 120 valence electrons. The molecule has 0 bridgehead atoms. The molecule has 0 radical (unpaired) electrons. The van der Waals surface area contributed by atoms with Crippen molar-refractivity contribution in [1.29, 1.82) is 0 Å². The van der Waals surface area contributed by atoms with Gasteiger partial charge in [-0.1, -0.05) is 29.8 Å². The Morgan fingerprint density at radius 3 is 1.67 bits per heavy atom. The molecule has 0 amide bonds. The minimum atomic E-state index is 0.529. The first-order valence-corrected chi connectivity index (χ1v) is 8.23. The van der Waals surface area contributed by atoms with Gasteiger partial charge in [0.1, 0.15) is 0 Å². The maximum absolute atomic E-state index is 5.87. The first-order valence-electron chi connectivity index (χ1n) is 7.45. The average molecular weight is 354 g/mol. The van der Waals surface area contributed by atoms with E-state index in [0.29, 0.717) is 10.1 Å². The van der Waals surface area contributed by atoms with Crippen LogP contribution in [0, 0.1) is 0 Å². The summed E-state index contributed by atoms with van der Waals surface area (Å²) in [5, 5.41) is 10.8. The van der Waals surface area contributed by atoms with Gasteiger partial charge in [-0.05, 0) is 72.9 Å². The number of anilines is 4. The average Bonchev–Trinajstić information content (AvgIpc) is 2.60. The molecule has 0 spiro atoms. The summed E-state index contributed by atoms with van der Waals surface area (Å²) in [5.41, 5.74) is 3.88. The lowest BCUT2D eigenvalue weighted by molar-refractivity contribution is 1.54. The van der Waals surface area contributed by atoms with E-state index < -0.39 is 0 Å². The zero-order valence-corrected chi connectivity index (χ0v) is 14.4. The minimum Gasteiger partial charge on any atom is -0.356 e. The van der Waals surface area contributed by atoms with E-state index in [1.54, 1.807) is 0 Å². The molecule has 0 aromatic heterocycles. The van der Waals surface area contributed by atoms with Crippen molar-refractivity contribution in [2.45, 2.75) is 0 Å². The Kier molecular flexibility index (Phi) is 5.31. The molecule has 5 heteroatoms. The van der Waals surface area contributed by atoms with Crippen LogP contribution in [-0.4, -0.2) is 5.11 Å². The van der Waals surface area contributed by atoms with Crippen LogP contribution in [0.3, 0.4) is 0 Å². The van der Waals surface area contributed by atoms with Crippen LogP contribution in [0.1, 0.15) is 0 Å². The second-order valence-corrected chi connectivity index (χ2v) is 6.00. The van der Waals surface area contributed by atoms with E-state index in [1.807, 2.05) is 78.9 Å². The van der Waals surface area contributed by atoms with Crippen molar-refractivity contribution in [1.82, 2.24) is 0 Å². The molecule has 0 aliphatic heterocycles. The van der Waals surface area contributed by atoms with Gasteiger partial charge in [-0.15, -0.1) is 0 Å². The summed E-state index contributed by atoms with van der Waals surface area (Å²) < 4.78 is 0. The molecule has 24 heavy (non-hydrogen) atoms. The van der Waals surface area contributed by atoms with Gasteiger partial charge in [-0.25, -0.2) is 0 Å². The Morgan fingerprint density at radius 2 is 1.08 bits per heavy atom. The molecule has 0 fully saturated rings. The van der Waals surface area contributed by atoms with Gasteiger partial charge < -0.3 is 16.0 Å². The Bertz CT molecular complexity index is 802. The maximum atomic E-state index is 5.87. The predicted molar refractivity (Wildman–Crippen MR) is 107 cm³/mol. The van der Waals surface area contributed by atoms with Gasteiger partial charge in [-0.2, -0.15) is 0 Å². The van der Waals surface area contributed by atoms with Crippen LogP contribution in [0.4, 0.5) is 22.7 Å². The van der Waals surface area contributed by atoms with Crippen LogP contribution >= 0.6 is 23.8 Å². The molecule has 0 saturated carbocycles. The summed E-state index contributed by atoms with van der Waals surface area (Å²) in [7, 11) is 0. The number of hydrogen-bond acceptors (Lipinski definition) is 2. The third-order valence-electron chi connectivity index (χ3n) is 3.31. The molecule has 0 unspecified atom stereocenters. The molecule has 3 N–H and O–H groups in total. The lowest BCUT2D eigenvalue weighted by Crippen LogP contribution is -2.18. The molecule has 0 heterocycles. The normalized spacial score (nSPS) is 10.0. The Morgan fingerprint density at radius 1 is 0.625 bits per heavy atom. The molecule has 0 saturated heterocycles. The highest BCUT2D eigenvalue weighted by Crippen LogP contribution is 2.19. The third-order valence-corrected chi connectivity index (χ3v) is 3.76. The lowest BCUT2D eigenvalue weighted by atomic mass is 10.2. The zero-order chi connectivity index (χ0) is 16.8. The van der Waals surface area contributed by atoms with Gasteiger partial charge in [0.2, 0.25) is 0 Å². The fraction of sp³-hybridized carbons (Fsp3) is 0. The largest absolute Gasteiger partial charge is 0.356 e. The van der Waals surface area contributed by atoms with Crippen molar-refractivity contribution in [3.8, 4) is 0 Å². The molecule has 3 aromatic rings. The van der Waals surface area contributed by atoms with Gasteiger partial charge in [-0.3, -0.25) is 0 Å². The molecular formula is C19H16ClN3S. The van der Waals surface area contributed by atoms with Crippen LogP contribution < -0.4 is 16.0 Å². The standard InChI is InChI=1S/C19H16ClN3S/c20-14-6-8-17(9-7-14)22-19(24)23-18-12-10-16(11-13-18)21-15-4-2-1-3-5-15/h1-13,21H,(H2,22,23,24). The minimum absolute atomic E-state index is 0.529. The first kappa shape index (κ1) is 16.3. The fourth-order valence-electron chi connectivity index (χ4n) is 2.15. The Labute approximate surface area is 151 Å². The zero-order valence-electron chi connectivity index (χ0n) is 12.8. The summed E-state index contributed by atoms with van der Waals surface area (Å²) in [6.07, 6.45) is 0. The highest BCUT2D eigenvalue weighted by Gasteiger charge is 2.00. The molecular weight excluding hydrogens is 338 g/mol. The van der Waals surface area contributed by atoms with Crippen LogP contribution in [0.5, 0.6) is 0 Å². The van der Waals surface area contributed by atoms with Crippen molar-refractivity contribution in [3.63, 3.8) is 0 Å². The number of nitrogens with one attached hydrogen (secondary N) is 3. The van der Waals surface area contributed by atoms with Gasteiger partial charge in [0.15, 0.2) is 5.11 Å². The highest BCUT2D eigenvalue weighted by molar-refractivity contribution is 7.80. The van der Waals surface area contributed by atoms with Crippen molar-refractivity contribution in [3.05, 3.63) is 83.9 Å². The molecule has 3 nitrogen and oxygen atoms in total. The third kappa shape index (κ3) is 4.72. The highest BCUT2D eigenvalue weighted by atomic mass is 35.5. The monoisotopic (exact) mass is 353 g/mol. The molecule has 3 aromatic carbocycles. The topological polar surface area (TPSA) is 36.1 Å². The number of halogens is 1. The van der Waals surface area contributed by atoms with E-state index in [9.17, 15) is 0 Å². The second-order valence-electron chi connectivity index (χ2n) is 5.15. The van der Waals surface area contributed by atoms with E-state index in [-0.39, 0.29) is 0 Å².